The van der Waals surface area contributed by atoms with Crippen molar-refractivity contribution in [3.63, 3.8) is 0 Å². The number of carbonyl (C=O) groups is 2. The summed E-state index contributed by atoms with van der Waals surface area (Å²) in [5, 5.41) is 2.78. The smallest absolute Gasteiger partial charge is 0.317 e. The predicted molar refractivity (Wildman–Crippen MR) is 107 cm³/mol. The fourth-order valence-electron chi connectivity index (χ4n) is 3.33. The van der Waals surface area contributed by atoms with Gasteiger partial charge in [-0.15, -0.1) is 0 Å². The Morgan fingerprint density at radius 1 is 1.14 bits per heavy atom. The second-order valence-corrected chi connectivity index (χ2v) is 6.98. The number of benzene rings is 1. The first-order valence-electron chi connectivity index (χ1n) is 9.68. The van der Waals surface area contributed by atoms with Crippen LogP contribution in [-0.4, -0.2) is 70.1 Å². The van der Waals surface area contributed by atoms with Gasteiger partial charge in [0.25, 0.3) is 0 Å². The number of nitrogens with two attached hydrogens (primary N) is 1. The number of urea groups is 1. The maximum absolute atomic E-state index is 12.6. The monoisotopic (exact) mass is 384 g/mol. The second-order valence-electron chi connectivity index (χ2n) is 6.98. The molecule has 3 amide bonds. The van der Waals surface area contributed by atoms with Crippen LogP contribution in [0.5, 0.6) is 0 Å². The van der Waals surface area contributed by atoms with Crippen LogP contribution in [0, 0.1) is 0 Å². The van der Waals surface area contributed by atoms with Crippen molar-refractivity contribution in [3.05, 3.63) is 54.1 Å². The zero-order chi connectivity index (χ0) is 19.9. The van der Waals surface area contributed by atoms with Gasteiger partial charge in [0.2, 0.25) is 5.91 Å². The normalized spacial score (nSPS) is 15.4. The fraction of sp³-hybridized carbons (Fsp3) is 0.450. The second kappa shape index (κ2) is 9.36. The van der Waals surface area contributed by atoms with E-state index >= 15 is 0 Å². The number of aromatic nitrogens is 2. The molecule has 8 nitrogen and oxygen atoms in total. The highest BCUT2D eigenvalue weighted by molar-refractivity contribution is 5.82. The molecule has 1 aliphatic heterocycles. The van der Waals surface area contributed by atoms with E-state index in [2.05, 4.69) is 22.4 Å². The van der Waals surface area contributed by atoms with Crippen LogP contribution in [-0.2, 0) is 17.8 Å². The minimum Gasteiger partial charge on any atom is -0.338 e. The summed E-state index contributed by atoms with van der Waals surface area (Å²) in [5.41, 5.74) is 8.15. The summed E-state index contributed by atoms with van der Waals surface area (Å²) in [6.45, 7) is 5.28. The molecule has 2 aromatic rings. The van der Waals surface area contributed by atoms with Crippen LogP contribution in [0.2, 0.25) is 0 Å². The molecule has 0 spiro atoms. The van der Waals surface area contributed by atoms with Crippen LogP contribution in [0.4, 0.5) is 4.79 Å². The molecule has 150 valence electrons. The van der Waals surface area contributed by atoms with E-state index in [9.17, 15) is 9.59 Å². The number of carbonyl (C=O) groups excluding carboxylic acids is 2. The van der Waals surface area contributed by atoms with Crippen molar-refractivity contribution in [1.29, 1.82) is 0 Å². The van der Waals surface area contributed by atoms with Gasteiger partial charge in [-0.2, -0.15) is 0 Å². The Morgan fingerprint density at radius 2 is 1.82 bits per heavy atom. The molecular formula is C20H28N6O2. The molecule has 1 atom stereocenters. The van der Waals surface area contributed by atoms with Gasteiger partial charge in [-0.3, -0.25) is 4.79 Å². The van der Waals surface area contributed by atoms with Crippen LogP contribution in [0.25, 0.3) is 0 Å². The Morgan fingerprint density at radius 3 is 2.50 bits per heavy atom. The SMILES string of the molecule is CCNC(=O)N1CCN(C(=O)[C@@H](N)Cc2cn(Cc3ccccc3)cn2)CC1. The highest BCUT2D eigenvalue weighted by Crippen LogP contribution is 2.08. The molecule has 3 N–H and O–H groups in total. The topological polar surface area (TPSA) is 96.5 Å². The minimum absolute atomic E-state index is 0.0807. The summed E-state index contributed by atoms with van der Waals surface area (Å²) in [6.07, 6.45) is 4.11. The van der Waals surface area contributed by atoms with Crippen LogP contribution in [0.15, 0.2) is 42.9 Å². The molecule has 0 aliphatic carbocycles. The molecule has 28 heavy (non-hydrogen) atoms. The van der Waals surface area contributed by atoms with E-state index in [1.54, 1.807) is 16.1 Å². The van der Waals surface area contributed by atoms with Crippen LogP contribution >= 0.6 is 0 Å². The molecule has 0 unspecified atom stereocenters. The van der Waals surface area contributed by atoms with Crippen molar-refractivity contribution in [2.45, 2.75) is 25.9 Å². The minimum atomic E-state index is -0.629. The van der Waals surface area contributed by atoms with Gasteiger partial charge in [-0.1, -0.05) is 30.3 Å². The summed E-state index contributed by atoms with van der Waals surface area (Å²) in [5.74, 6) is -0.0897. The van der Waals surface area contributed by atoms with Crippen LogP contribution in [0.3, 0.4) is 0 Å². The lowest BCUT2D eigenvalue weighted by atomic mass is 10.1. The third-order valence-corrected chi connectivity index (χ3v) is 4.85. The van der Waals surface area contributed by atoms with Crippen LogP contribution in [0.1, 0.15) is 18.2 Å². The zero-order valence-corrected chi connectivity index (χ0v) is 16.3. The van der Waals surface area contributed by atoms with Gasteiger partial charge in [0.05, 0.1) is 18.1 Å². The van der Waals surface area contributed by atoms with Crippen molar-refractivity contribution < 1.29 is 9.59 Å². The summed E-state index contributed by atoms with van der Waals surface area (Å²) in [7, 11) is 0. The van der Waals surface area contributed by atoms with Crippen molar-refractivity contribution in [1.82, 2.24) is 24.7 Å². The highest BCUT2D eigenvalue weighted by Gasteiger charge is 2.27. The van der Waals surface area contributed by atoms with Gasteiger partial charge >= 0.3 is 6.03 Å². The maximum Gasteiger partial charge on any atom is 0.317 e. The maximum atomic E-state index is 12.6. The standard InChI is InChI=1S/C20H28N6O2/c1-2-22-20(28)26-10-8-25(9-11-26)19(27)18(21)12-17-14-24(15-23-17)13-16-6-4-3-5-7-16/h3-7,14-15,18H,2,8-13,21H2,1H3,(H,22,28)/t18-/m0/s1. The van der Waals surface area contributed by atoms with Gasteiger partial charge in [-0.05, 0) is 12.5 Å². The van der Waals surface area contributed by atoms with E-state index < -0.39 is 6.04 Å². The molecule has 1 aromatic carbocycles. The average molecular weight is 384 g/mol. The molecular weight excluding hydrogens is 356 g/mol. The lowest BCUT2D eigenvalue weighted by molar-refractivity contribution is -0.134. The van der Waals surface area contributed by atoms with E-state index in [-0.39, 0.29) is 11.9 Å². The number of nitrogens with one attached hydrogen (secondary N) is 1. The van der Waals surface area contributed by atoms with Gasteiger partial charge in [0.1, 0.15) is 0 Å². The van der Waals surface area contributed by atoms with Crippen molar-refractivity contribution in [3.8, 4) is 0 Å². The number of amides is 3. The summed E-state index contributed by atoms with van der Waals surface area (Å²) in [6, 6.07) is 9.42. The number of nitrogens with zero attached hydrogens (tertiary/aromatic N) is 4. The lowest BCUT2D eigenvalue weighted by Gasteiger charge is -2.35. The highest BCUT2D eigenvalue weighted by atomic mass is 16.2. The molecule has 1 saturated heterocycles. The Hall–Kier alpha value is -2.87. The average Bonchev–Trinajstić information content (AvgIpc) is 3.15. The number of rotatable bonds is 6. The molecule has 1 fully saturated rings. The lowest BCUT2D eigenvalue weighted by Crippen LogP contribution is -2.56. The number of hydrogen-bond acceptors (Lipinski definition) is 4. The Labute approximate surface area is 165 Å². The van der Waals surface area contributed by atoms with E-state index in [0.29, 0.717) is 39.1 Å². The molecule has 1 aromatic heterocycles. The largest absolute Gasteiger partial charge is 0.338 e. The summed E-state index contributed by atoms with van der Waals surface area (Å²) < 4.78 is 1.99. The molecule has 8 heteroatoms. The van der Waals surface area contributed by atoms with E-state index in [1.807, 2.05) is 35.9 Å². The van der Waals surface area contributed by atoms with Gasteiger partial charge in [0, 0.05) is 51.9 Å². The first-order valence-corrected chi connectivity index (χ1v) is 9.68. The molecule has 0 radical (unpaired) electrons. The Balaban J connectivity index is 1.49. The van der Waals surface area contributed by atoms with Crippen molar-refractivity contribution in [2.24, 2.45) is 5.73 Å². The van der Waals surface area contributed by atoms with E-state index in [1.165, 1.54) is 5.56 Å². The first kappa shape index (κ1) is 19.9. The predicted octanol–water partition coefficient (Wildman–Crippen LogP) is 0.675. The third kappa shape index (κ3) is 5.10. The summed E-state index contributed by atoms with van der Waals surface area (Å²) in [4.78, 5) is 32.4. The fourth-order valence-corrected chi connectivity index (χ4v) is 3.33. The molecule has 3 rings (SSSR count). The van der Waals surface area contributed by atoms with Gasteiger partial charge < -0.3 is 25.4 Å². The van der Waals surface area contributed by atoms with Crippen molar-refractivity contribution >= 4 is 11.9 Å². The Kier molecular flexibility index (Phi) is 6.65. The quantitative estimate of drug-likeness (QED) is 0.765. The van der Waals surface area contributed by atoms with Gasteiger partial charge in [0.15, 0.2) is 0 Å². The third-order valence-electron chi connectivity index (χ3n) is 4.85. The molecule has 0 saturated carbocycles. The number of imidazole rings is 1. The van der Waals surface area contributed by atoms with E-state index in [4.69, 9.17) is 5.73 Å². The zero-order valence-electron chi connectivity index (χ0n) is 16.3. The molecule has 0 bridgehead atoms. The van der Waals surface area contributed by atoms with E-state index in [0.717, 1.165) is 12.2 Å². The molecule has 1 aliphatic rings. The van der Waals surface area contributed by atoms with Crippen molar-refractivity contribution in [2.75, 3.05) is 32.7 Å². The van der Waals surface area contributed by atoms with Gasteiger partial charge in [-0.25, -0.2) is 9.78 Å². The number of hydrogen-bond donors (Lipinski definition) is 2. The summed E-state index contributed by atoms with van der Waals surface area (Å²) >= 11 is 0. The first-order chi connectivity index (χ1) is 13.6. The number of piperazine rings is 1. The van der Waals surface area contributed by atoms with Crippen LogP contribution < -0.4 is 11.1 Å². The molecule has 2 heterocycles. The Bertz CT molecular complexity index is 783.